The number of hydrogen-bond acceptors (Lipinski definition) is 2. The Morgan fingerprint density at radius 3 is 2.05 bits per heavy atom. The quantitative estimate of drug-likeness (QED) is 0.571. The maximum absolute atomic E-state index is 9.18. The van der Waals surface area contributed by atoms with Gasteiger partial charge in [-0.3, -0.25) is 0 Å². The Bertz CT molecular complexity index is 308. The standard InChI is InChI=1S/C17H29NO/c1-2-3-4-5-6-7-8-9-14-18-15-16-10-12-17(19)13-11-16/h10-13,18-19H,2-9,14-15H2,1H3. The maximum Gasteiger partial charge on any atom is 0.115 e. The summed E-state index contributed by atoms with van der Waals surface area (Å²) in [7, 11) is 0. The van der Waals surface area contributed by atoms with E-state index in [1.54, 1.807) is 12.1 Å². The Morgan fingerprint density at radius 1 is 0.842 bits per heavy atom. The Kier molecular flexibility index (Phi) is 9.17. The molecule has 1 aromatic carbocycles. The third-order valence-corrected chi connectivity index (χ3v) is 3.47. The summed E-state index contributed by atoms with van der Waals surface area (Å²) in [6.45, 7) is 4.26. The van der Waals surface area contributed by atoms with Crippen molar-refractivity contribution in [1.82, 2.24) is 5.32 Å². The van der Waals surface area contributed by atoms with Crippen molar-refractivity contribution in [2.45, 2.75) is 64.8 Å². The summed E-state index contributed by atoms with van der Waals surface area (Å²) in [5, 5.41) is 12.6. The largest absolute Gasteiger partial charge is 0.508 e. The molecule has 0 spiro atoms. The van der Waals surface area contributed by atoms with Crippen molar-refractivity contribution in [3.8, 4) is 5.75 Å². The van der Waals surface area contributed by atoms with E-state index in [1.807, 2.05) is 12.1 Å². The lowest BCUT2D eigenvalue weighted by Gasteiger charge is -2.05. The molecule has 0 aliphatic rings. The molecule has 0 amide bonds. The van der Waals surface area contributed by atoms with Crippen molar-refractivity contribution < 1.29 is 5.11 Å². The molecule has 0 fully saturated rings. The SMILES string of the molecule is CCCCCCCCCCNCc1ccc(O)cc1. The predicted molar refractivity (Wildman–Crippen MR) is 82.4 cm³/mol. The van der Waals surface area contributed by atoms with Crippen LogP contribution in [0.2, 0.25) is 0 Å². The average Bonchev–Trinajstić information content (AvgIpc) is 2.43. The highest BCUT2D eigenvalue weighted by Gasteiger charge is 1.94. The van der Waals surface area contributed by atoms with Gasteiger partial charge >= 0.3 is 0 Å². The van der Waals surface area contributed by atoms with Crippen molar-refractivity contribution in [3.05, 3.63) is 29.8 Å². The summed E-state index contributed by atoms with van der Waals surface area (Å²) in [5.74, 6) is 0.340. The topological polar surface area (TPSA) is 32.3 Å². The molecule has 0 aromatic heterocycles. The number of aromatic hydroxyl groups is 1. The van der Waals surface area contributed by atoms with Crippen LogP contribution in [0.4, 0.5) is 0 Å². The number of phenolic OH excluding ortho intramolecular Hbond substituents is 1. The fraction of sp³-hybridized carbons (Fsp3) is 0.647. The van der Waals surface area contributed by atoms with Gasteiger partial charge in [-0.25, -0.2) is 0 Å². The zero-order valence-electron chi connectivity index (χ0n) is 12.3. The Balaban J connectivity index is 1.87. The Labute approximate surface area is 118 Å². The normalized spacial score (nSPS) is 10.8. The molecule has 2 nitrogen and oxygen atoms in total. The molecule has 2 N–H and O–H groups in total. The van der Waals surface area contributed by atoms with Gasteiger partial charge in [-0.05, 0) is 30.7 Å². The van der Waals surface area contributed by atoms with Gasteiger partial charge in [0, 0.05) is 6.54 Å². The van der Waals surface area contributed by atoms with Gasteiger partial charge in [0.15, 0.2) is 0 Å². The van der Waals surface area contributed by atoms with Gasteiger partial charge in [0.2, 0.25) is 0 Å². The summed E-state index contributed by atoms with van der Waals surface area (Å²) < 4.78 is 0. The van der Waals surface area contributed by atoms with Crippen LogP contribution in [0.1, 0.15) is 63.9 Å². The van der Waals surface area contributed by atoms with E-state index < -0.39 is 0 Å². The molecule has 0 saturated heterocycles. The molecule has 1 rings (SSSR count). The van der Waals surface area contributed by atoms with Crippen LogP contribution >= 0.6 is 0 Å². The van der Waals surface area contributed by atoms with Crippen LogP contribution in [-0.2, 0) is 6.54 Å². The highest BCUT2D eigenvalue weighted by atomic mass is 16.3. The molecule has 0 aliphatic carbocycles. The molecule has 19 heavy (non-hydrogen) atoms. The summed E-state index contributed by atoms with van der Waals surface area (Å²) in [5.41, 5.74) is 1.23. The fourth-order valence-corrected chi connectivity index (χ4v) is 2.23. The minimum absolute atomic E-state index is 0.340. The van der Waals surface area contributed by atoms with Crippen LogP contribution in [0.3, 0.4) is 0 Å². The van der Waals surface area contributed by atoms with Crippen LogP contribution < -0.4 is 5.32 Å². The van der Waals surface area contributed by atoms with Gasteiger partial charge in [-0.15, -0.1) is 0 Å². The van der Waals surface area contributed by atoms with Gasteiger partial charge in [-0.2, -0.15) is 0 Å². The summed E-state index contributed by atoms with van der Waals surface area (Å²) in [6, 6.07) is 7.42. The average molecular weight is 263 g/mol. The second kappa shape index (κ2) is 10.9. The Morgan fingerprint density at radius 2 is 1.42 bits per heavy atom. The van der Waals surface area contributed by atoms with Crippen LogP contribution in [0.5, 0.6) is 5.75 Å². The first-order valence-electron chi connectivity index (χ1n) is 7.81. The number of rotatable bonds is 11. The highest BCUT2D eigenvalue weighted by Crippen LogP contribution is 2.10. The smallest absolute Gasteiger partial charge is 0.115 e. The molecule has 2 heteroatoms. The molecule has 108 valence electrons. The minimum Gasteiger partial charge on any atom is -0.508 e. The number of phenols is 1. The molecule has 0 bridgehead atoms. The monoisotopic (exact) mass is 263 g/mol. The molecule has 0 radical (unpaired) electrons. The van der Waals surface area contributed by atoms with E-state index in [0.29, 0.717) is 5.75 Å². The van der Waals surface area contributed by atoms with Crippen molar-refractivity contribution >= 4 is 0 Å². The predicted octanol–water partition coefficient (Wildman–Crippen LogP) is 4.62. The van der Waals surface area contributed by atoms with E-state index in [2.05, 4.69) is 12.2 Å². The third kappa shape index (κ3) is 8.66. The van der Waals surface area contributed by atoms with Crippen LogP contribution in [0, 0.1) is 0 Å². The minimum atomic E-state index is 0.340. The van der Waals surface area contributed by atoms with Crippen molar-refractivity contribution in [2.24, 2.45) is 0 Å². The lowest BCUT2D eigenvalue weighted by Crippen LogP contribution is -2.14. The van der Waals surface area contributed by atoms with E-state index >= 15 is 0 Å². The lowest BCUT2D eigenvalue weighted by atomic mass is 10.1. The van der Waals surface area contributed by atoms with E-state index in [0.717, 1.165) is 13.1 Å². The summed E-state index contributed by atoms with van der Waals surface area (Å²) in [6.07, 6.45) is 10.9. The number of hydrogen-bond donors (Lipinski definition) is 2. The van der Waals surface area contributed by atoms with Gasteiger partial charge < -0.3 is 10.4 Å². The molecule has 0 unspecified atom stereocenters. The van der Waals surface area contributed by atoms with Crippen LogP contribution in [0.15, 0.2) is 24.3 Å². The molecular formula is C17H29NO. The van der Waals surface area contributed by atoms with Crippen molar-refractivity contribution in [3.63, 3.8) is 0 Å². The van der Waals surface area contributed by atoms with Gasteiger partial charge in [-0.1, -0.05) is 64.0 Å². The summed E-state index contributed by atoms with van der Waals surface area (Å²) in [4.78, 5) is 0. The van der Waals surface area contributed by atoms with Gasteiger partial charge in [0.05, 0.1) is 0 Å². The van der Waals surface area contributed by atoms with E-state index in [1.165, 1.54) is 56.9 Å². The molecule has 0 atom stereocenters. The van der Waals surface area contributed by atoms with Crippen molar-refractivity contribution in [2.75, 3.05) is 6.54 Å². The second-order valence-corrected chi connectivity index (χ2v) is 5.32. The summed E-state index contributed by atoms with van der Waals surface area (Å²) >= 11 is 0. The van der Waals surface area contributed by atoms with E-state index in [-0.39, 0.29) is 0 Å². The number of benzene rings is 1. The second-order valence-electron chi connectivity index (χ2n) is 5.32. The van der Waals surface area contributed by atoms with Gasteiger partial charge in [0.1, 0.15) is 5.75 Å². The zero-order chi connectivity index (χ0) is 13.8. The highest BCUT2D eigenvalue weighted by molar-refractivity contribution is 5.25. The maximum atomic E-state index is 9.18. The van der Waals surface area contributed by atoms with Crippen LogP contribution in [0.25, 0.3) is 0 Å². The number of nitrogens with one attached hydrogen (secondary N) is 1. The lowest BCUT2D eigenvalue weighted by molar-refractivity contribution is 0.475. The number of unbranched alkanes of at least 4 members (excludes halogenated alkanes) is 7. The Hall–Kier alpha value is -1.02. The van der Waals surface area contributed by atoms with Gasteiger partial charge in [0.25, 0.3) is 0 Å². The molecule has 0 heterocycles. The first kappa shape index (κ1) is 16.0. The first-order valence-corrected chi connectivity index (χ1v) is 7.81. The molecule has 0 saturated carbocycles. The third-order valence-electron chi connectivity index (χ3n) is 3.47. The van der Waals surface area contributed by atoms with Crippen LogP contribution in [-0.4, -0.2) is 11.7 Å². The molecular weight excluding hydrogens is 234 g/mol. The van der Waals surface area contributed by atoms with E-state index in [9.17, 15) is 5.11 Å². The first-order chi connectivity index (χ1) is 9.33. The molecule has 0 aliphatic heterocycles. The fourth-order valence-electron chi connectivity index (χ4n) is 2.23. The zero-order valence-corrected chi connectivity index (χ0v) is 12.3. The molecule has 1 aromatic rings. The van der Waals surface area contributed by atoms with Crippen molar-refractivity contribution in [1.29, 1.82) is 0 Å². The van der Waals surface area contributed by atoms with E-state index in [4.69, 9.17) is 0 Å².